The normalized spacial score (nSPS) is 12.9. The largest absolute Gasteiger partial charge is 0.479 e. The van der Waals surface area contributed by atoms with Gasteiger partial charge in [-0.15, -0.1) is 0 Å². The van der Waals surface area contributed by atoms with E-state index in [1.807, 2.05) is 9.24 Å². The third-order valence-electron chi connectivity index (χ3n) is 6.50. The summed E-state index contributed by atoms with van der Waals surface area (Å²) in [4.78, 5) is 38.4. The van der Waals surface area contributed by atoms with Crippen LogP contribution < -0.4 is 0 Å². The van der Waals surface area contributed by atoms with Crippen molar-refractivity contribution in [1.82, 2.24) is 4.90 Å². The number of carboxylic acid groups (broad SMARTS) is 1. The van der Waals surface area contributed by atoms with Crippen molar-refractivity contribution in [3.05, 3.63) is 0 Å². The van der Waals surface area contributed by atoms with Gasteiger partial charge in [-0.3, -0.25) is 14.5 Å². The number of aliphatic hydroxyl groups excluding tert-OH is 1. The van der Waals surface area contributed by atoms with E-state index in [4.69, 9.17) is 0 Å². The summed E-state index contributed by atoms with van der Waals surface area (Å²) in [5.74, 6) is -2.40. The molecule has 0 fully saturated rings. The lowest BCUT2D eigenvalue weighted by molar-refractivity contribution is -0.162. The lowest BCUT2D eigenvalue weighted by Crippen LogP contribution is -2.57. The van der Waals surface area contributed by atoms with Crippen molar-refractivity contribution in [3.8, 4) is 0 Å². The molecule has 0 aromatic carbocycles. The van der Waals surface area contributed by atoms with Gasteiger partial charge in [0.05, 0.1) is 6.61 Å². The fraction of sp³-hybridized carbons (Fsp3) is 0.889. The van der Waals surface area contributed by atoms with Gasteiger partial charge in [0.2, 0.25) is 11.8 Å². The molecule has 0 heterocycles. The maximum Gasteiger partial charge on any atom is 0.336 e. The van der Waals surface area contributed by atoms with E-state index in [-0.39, 0.29) is 12.8 Å². The molecule has 2 unspecified atom stereocenters. The summed E-state index contributed by atoms with van der Waals surface area (Å²) in [6.45, 7) is 3.58. The van der Waals surface area contributed by atoms with Crippen LogP contribution >= 0.6 is 9.24 Å². The number of carbonyl (C=O) groups excluding carboxylic acids is 2. The molecule has 0 aromatic heterocycles. The predicted molar refractivity (Wildman–Crippen MR) is 143 cm³/mol. The summed E-state index contributed by atoms with van der Waals surface area (Å²) in [5.41, 5.74) is 0. The third kappa shape index (κ3) is 14.4. The number of aliphatic carboxylic acids is 1. The smallest absolute Gasteiger partial charge is 0.336 e. The van der Waals surface area contributed by atoms with E-state index < -0.39 is 29.7 Å². The molecule has 2 atom stereocenters. The highest BCUT2D eigenvalue weighted by Crippen LogP contribution is 2.27. The Morgan fingerprint density at radius 1 is 0.618 bits per heavy atom. The first kappa shape index (κ1) is 33.0. The summed E-state index contributed by atoms with van der Waals surface area (Å²) < 4.78 is 0. The van der Waals surface area contributed by atoms with Crippen molar-refractivity contribution >= 4 is 27.0 Å². The number of hydrogen-bond donors (Lipinski definition) is 2. The van der Waals surface area contributed by atoms with Gasteiger partial charge in [-0.1, -0.05) is 126 Å². The van der Waals surface area contributed by atoms with E-state index in [0.717, 1.165) is 43.4 Å². The van der Waals surface area contributed by atoms with Crippen molar-refractivity contribution in [1.29, 1.82) is 0 Å². The van der Waals surface area contributed by atoms with Crippen molar-refractivity contribution in [2.24, 2.45) is 0 Å². The SMILES string of the molecule is CCCCCCCCCCCC(=O)N(C(=O)CCCCCCCCCCC)C(P)(CO)C(=O)O. The molecule has 0 bridgehead atoms. The van der Waals surface area contributed by atoms with Gasteiger partial charge in [0.1, 0.15) is 0 Å². The molecule has 0 aliphatic rings. The lowest BCUT2D eigenvalue weighted by atomic mass is 10.0. The molecule has 0 aliphatic heterocycles. The van der Waals surface area contributed by atoms with Crippen LogP contribution in [0.4, 0.5) is 0 Å². The number of unbranched alkanes of at least 4 members (excludes halogenated alkanes) is 16. The molecule has 6 nitrogen and oxygen atoms in total. The molecule has 2 N–H and O–H groups in total. The minimum absolute atomic E-state index is 0.128. The monoisotopic (exact) mass is 501 g/mol. The Kier molecular flexibility index (Phi) is 20.7. The zero-order valence-electron chi connectivity index (χ0n) is 22.0. The van der Waals surface area contributed by atoms with E-state index in [1.54, 1.807) is 0 Å². The standard InChI is InChI=1S/C27H52NO5P/c1-3-5-7-9-11-13-15-17-19-21-24(30)28(27(34,23-29)26(32)33)25(31)22-20-18-16-14-12-10-8-6-4-2/h29H,3-23,34H2,1-2H3,(H,32,33). The second-order valence-corrected chi connectivity index (χ2v) is 10.6. The Bertz CT molecular complexity index is 523. The third-order valence-corrected chi connectivity index (χ3v) is 7.19. The zero-order chi connectivity index (χ0) is 25.7. The number of carbonyl (C=O) groups is 3. The highest BCUT2D eigenvalue weighted by Gasteiger charge is 2.45. The van der Waals surface area contributed by atoms with Crippen LogP contribution in [0.15, 0.2) is 0 Å². The molecule has 0 radical (unpaired) electrons. The van der Waals surface area contributed by atoms with Crippen LogP contribution in [0.25, 0.3) is 0 Å². The molecule has 0 aliphatic carbocycles. The minimum Gasteiger partial charge on any atom is -0.479 e. The van der Waals surface area contributed by atoms with Gasteiger partial charge < -0.3 is 10.2 Å². The van der Waals surface area contributed by atoms with Crippen molar-refractivity contribution in [2.75, 3.05) is 6.61 Å². The Hall–Kier alpha value is -1.00. The molecule has 7 heteroatoms. The summed E-state index contributed by atoms with van der Waals surface area (Å²) in [7, 11) is 2.02. The maximum atomic E-state index is 12.9. The van der Waals surface area contributed by atoms with Crippen LogP contribution in [-0.2, 0) is 14.4 Å². The fourth-order valence-electron chi connectivity index (χ4n) is 4.22. The number of nitrogens with zero attached hydrogens (tertiary/aromatic N) is 1. The average Bonchev–Trinajstić information content (AvgIpc) is 2.81. The Morgan fingerprint density at radius 3 is 1.18 bits per heavy atom. The van der Waals surface area contributed by atoms with E-state index in [9.17, 15) is 24.6 Å². The van der Waals surface area contributed by atoms with E-state index in [0.29, 0.717) is 12.8 Å². The molecule has 0 saturated heterocycles. The zero-order valence-corrected chi connectivity index (χ0v) is 23.1. The molecular formula is C27H52NO5P. The first-order valence-corrected chi connectivity index (χ1v) is 14.4. The van der Waals surface area contributed by atoms with E-state index >= 15 is 0 Å². The van der Waals surface area contributed by atoms with Crippen LogP contribution in [0.1, 0.15) is 142 Å². The number of rotatable bonds is 23. The molecule has 0 spiro atoms. The van der Waals surface area contributed by atoms with Gasteiger partial charge >= 0.3 is 5.97 Å². The van der Waals surface area contributed by atoms with E-state index in [1.165, 1.54) is 64.2 Å². The Balaban J connectivity index is 4.51. The predicted octanol–water partition coefficient (Wildman–Crippen LogP) is 6.83. The quantitative estimate of drug-likeness (QED) is 0.118. The maximum absolute atomic E-state index is 12.9. The van der Waals surface area contributed by atoms with Crippen molar-refractivity contribution < 1.29 is 24.6 Å². The molecule has 34 heavy (non-hydrogen) atoms. The van der Waals surface area contributed by atoms with Crippen LogP contribution in [-0.4, -0.2) is 44.8 Å². The summed E-state index contributed by atoms with van der Waals surface area (Å²) in [5, 5.41) is 17.4. The minimum atomic E-state index is -1.99. The Morgan fingerprint density at radius 2 is 0.912 bits per heavy atom. The van der Waals surface area contributed by atoms with Gasteiger partial charge in [-0.2, -0.15) is 0 Å². The van der Waals surface area contributed by atoms with Crippen LogP contribution in [0.5, 0.6) is 0 Å². The Labute approximate surface area is 210 Å². The fourth-order valence-corrected chi connectivity index (χ4v) is 4.50. The first-order valence-electron chi connectivity index (χ1n) is 13.8. The number of imide groups is 1. The summed E-state index contributed by atoms with van der Waals surface area (Å²) >= 11 is 0. The van der Waals surface area contributed by atoms with Gasteiger partial charge in [0.25, 0.3) is 0 Å². The topological polar surface area (TPSA) is 94.9 Å². The lowest BCUT2D eigenvalue weighted by Gasteiger charge is -2.35. The highest BCUT2D eigenvalue weighted by atomic mass is 31.0. The van der Waals surface area contributed by atoms with Crippen LogP contribution in [0.2, 0.25) is 0 Å². The molecule has 0 saturated carbocycles. The number of carboxylic acids is 1. The van der Waals surface area contributed by atoms with Gasteiger partial charge in [-0.05, 0) is 12.8 Å². The second-order valence-electron chi connectivity index (χ2n) is 9.67. The molecule has 200 valence electrons. The molecule has 0 aromatic rings. The van der Waals surface area contributed by atoms with Gasteiger partial charge in [-0.25, -0.2) is 4.79 Å². The average molecular weight is 502 g/mol. The molecular weight excluding hydrogens is 449 g/mol. The number of hydrogen-bond acceptors (Lipinski definition) is 4. The summed E-state index contributed by atoms with van der Waals surface area (Å²) in [6.07, 6.45) is 20.1. The molecule has 0 rings (SSSR count). The van der Waals surface area contributed by atoms with Crippen LogP contribution in [0, 0.1) is 0 Å². The second kappa shape index (κ2) is 21.3. The number of aliphatic hydroxyl groups is 1. The van der Waals surface area contributed by atoms with Gasteiger partial charge in [0.15, 0.2) is 5.28 Å². The van der Waals surface area contributed by atoms with Gasteiger partial charge in [0, 0.05) is 12.8 Å². The molecule has 2 amide bonds. The first-order chi connectivity index (χ1) is 16.3. The highest BCUT2D eigenvalue weighted by molar-refractivity contribution is 7.21. The summed E-state index contributed by atoms with van der Waals surface area (Å²) in [6, 6.07) is 0. The van der Waals surface area contributed by atoms with Crippen LogP contribution in [0.3, 0.4) is 0 Å². The van der Waals surface area contributed by atoms with Crippen molar-refractivity contribution in [2.45, 2.75) is 148 Å². The number of amides is 2. The van der Waals surface area contributed by atoms with E-state index in [2.05, 4.69) is 13.8 Å². The van der Waals surface area contributed by atoms with Crippen molar-refractivity contribution in [3.63, 3.8) is 0 Å².